The summed E-state index contributed by atoms with van der Waals surface area (Å²) >= 11 is 0. The maximum absolute atomic E-state index is 11.8. The standard InChI is InChI=1S/C13H14N4O/c1-9-2-3-12(14-6-9)17-5-4-11-10(7-17)13(18)16-8-15-11/h2-3,6,8H,4-5,7H2,1H3,(H,15,16,18). The number of H-pyrrole nitrogens is 1. The van der Waals surface area contributed by atoms with E-state index in [1.807, 2.05) is 25.3 Å². The van der Waals surface area contributed by atoms with Gasteiger partial charge in [0.15, 0.2) is 0 Å². The predicted octanol–water partition coefficient (Wildman–Crippen LogP) is 1.04. The second-order valence-corrected chi connectivity index (χ2v) is 4.52. The Labute approximate surface area is 105 Å². The summed E-state index contributed by atoms with van der Waals surface area (Å²) in [6, 6.07) is 4.02. The van der Waals surface area contributed by atoms with Crippen LogP contribution in [0.3, 0.4) is 0 Å². The molecule has 0 fully saturated rings. The Morgan fingerprint density at radius 2 is 2.22 bits per heavy atom. The van der Waals surface area contributed by atoms with E-state index in [-0.39, 0.29) is 5.56 Å². The molecule has 0 aliphatic carbocycles. The van der Waals surface area contributed by atoms with E-state index in [1.54, 1.807) is 0 Å². The molecule has 92 valence electrons. The minimum Gasteiger partial charge on any atom is -0.352 e. The van der Waals surface area contributed by atoms with Gasteiger partial charge in [0.1, 0.15) is 5.82 Å². The molecule has 0 atom stereocenters. The molecule has 0 saturated carbocycles. The summed E-state index contributed by atoms with van der Waals surface area (Å²) in [4.78, 5) is 25.1. The minimum atomic E-state index is -0.0446. The van der Waals surface area contributed by atoms with Gasteiger partial charge >= 0.3 is 0 Å². The summed E-state index contributed by atoms with van der Waals surface area (Å²) in [5, 5.41) is 0. The number of aromatic nitrogens is 3. The highest BCUT2D eigenvalue weighted by atomic mass is 16.1. The van der Waals surface area contributed by atoms with E-state index in [0.29, 0.717) is 6.54 Å². The van der Waals surface area contributed by atoms with Gasteiger partial charge in [0.05, 0.1) is 24.1 Å². The van der Waals surface area contributed by atoms with Gasteiger partial charge in [-0.25, -0.2) is 9.97 Å². The summed E-state index contributed by atoms with van der Waals surface area (Å²) < 4.78 is 0. The smallest absolute Gasteiger partial charge is 0.255 e. The number of nitrogens with zero attached hydrogens (tertiary/aromatic N) is 3. The maximum Gasteiger partial charge on any atom is 0.255 e. The van der Waals surface area contributed by atoms with E-state index >= 15 is 0 Å². The highest BCUT2D eigenvalue weighted by molar-refractivity contribution is 5.42. The highest BCUT2D eigenvalue weighted by Gasteiger charge is 2.20. The minimum absolute atomic E-state index is 0.0446. The number of fused-ring (bicyclic) bond motifs is 1. The predicted molar refractivity (Wildman–Crippen MR) is 68.6 cm³/mol. The largest absolute Gasteiger partial charge is 0.352 e. The first-order chi connectivity index (χ1) is 8.74. The Morgan fingerprint density at radius 1 is 1.33 bits per heavy atom. The summed E-state index contributed by atoms with van der Waals surface area (Å²) in [7, 11) is 0. The molecule has 2 aromatic rings. The third-order valence-corrected chi connectivity index (χ3v) is 3.23. The third-order valence-electron chi connectivity index (χ3n) is 3.23. The van der Waals surface area contributed by atoms with E-state index in [0.717, 1.165) is 35.6 Å². The van der Waals surface area contributed by atoms with Crippen LogP contribution in [0.25, 0.3) is 0 Å². The lowest BCUT2D eigenvalue weighted by Crippen LogP contribution is -2.35. The van der Waals surface area contributed by atoms with E-state index in [2.05, 4.69) is 19.9 Å². The van der Waals surface area contributed by atoms with Crippen LogP contribution in [-0.2, 0) is 13.0 Å². The number of aromatic amines is 1. The summed E-state index contributed by atoms with van der Waals surface area (Å²) in [5.41, 5.74) is 2.75. The van der Waals surface area contributed by atoms with Gasteiger partial charge in [-0.1, -0.05) is 6.07 Å². The van der Waals surface area contributed by atoms with Crippen LogP contribution in [0.5, 0.6) is 0 Å². The SMILES string of the molecule is Cc1ccc(N2CCc3nc[nH]c(=O)c3C2)nc1. The zero-order valence-corrected chi connectivity index (χ0v) is 10.2. The molecule has 0 saturated heterocycles. The molecule has 0 aromatic carbocycles. The van der Waals surface area contributed by atoms with Crippen molar-refractivity contribution in [3.05, 3.63) is 51.8 Å². The topological polar surface area (TPSA) is 61.9 Å². The quantitative estimate of drug-likeness (QED) is 0.811. The van der Waals surface area contributed by atoms with Gasteiger partial charge < -0.3 is 9.88 Å². The first-order valence-corrected chi connectivity index (χ1v) is 5.97. The van der Waals surface area contributed by atoms with Crippen LogP contribution >= 0.6 is 0 Å². The highest BCUT2D eigenvalue weighted by Crippen LogP contribution is 2.19. The molecule has 3 heterocycles. The monoisotopic (exact) mass is 242 g/mol. The number of hydrogen-bond acceptors (Lipinski definition) is 4. The lowest BCUT2D eigenvalue weighted by Gasteiger charge is -2.28. The average Bonchev–Trinajstić information content (AvgIpc) is 2.40. The molecule has 0 unspecified atom stereocenters. The summed E-state index contributed by atoms with van der Waals surface area (Å²) in [6.45, 7) is 3.44. The second kappa shape index (κ2) is 4.25. The Kier molecular flexibility index (Phi) is 2.59. The fraction of sp³-hybridized carbons (Fsp3) is 0.308. The Morgan fingerprint density at radius 3 is 3.00 bits per heavy atom. The molecule has 1 aliphatic rings. The molecule has 0 radical (unpaired) electrons. The molecule has 5 nitrogen and oxygen atoms in total. The van der Waals surface area contributed by atoms with Crippen molar-refractivity contribution in [2.24, 2.45) is 0 Å². The van der Waals surface area contributed by atoms with Gasteiger partial charge in [-0.05, 0) is 18.6 Å². The molecular formula is C13H14N4O. The normalized spacial score (nSPS) is 14.4. The average molecular weight is 242 g/mol. The van der Waals surface area contributed by atoms with E-state index in [9.17, 15) is 4.79 Å². The first kappa shape index (κ1) is 11.0. The number of aryl methyl sites for hydroxylation is 1. The molecule has 3 rings (SSSR count). The lowest BCUT2D eigenvalue weighted by molar-refractivity contribution is 0.689. The van der Waals surface area contributed by atoms with Crippen LogP contribution in [0, 0.1) is 6.92 Å². The van der Waals surface area contributed by atoms with Gasteiger partial charge in [0.25, 0.3) is 5.56 Å². The molecule has 1 aliphatic heterocycles. The van der Waals surface area contributed by atoms with Crippen LogP contribution in [-0.4, -0.2) is 21.5 Å². The fourth-order valence-corrected chi connectivity index (χ4v) is 2.20. The Hall–Kier alpha value is -2.17. The maximum atomic E-state index is 11.8. The van der Waals surface area contributed by atoms with Gasteiger partial charge in [-0.3, -0.25) is 4.79 Å². The van der Waals surface area contributed by atoms with Crippen LogP contribution in [0.1, 0.15) is 16.8 Å². The van der Waals surface area contributed by atoms with Crippen molar-refractivity contribution in [2.45, 2.75) is 19.9 Å². The van der Waals surface area contributed by atoms with Gasteiger partial charge in [0, 0.05) is 19.2 Å². The summed E-state index contributed by atoms with van der Waals surface area (Å²) in [6.07, 6.45) is 4.11. The van der Waals surface area contributed by atoms with Crippen LogP contribution in [0.2, 0.25) is 0 Å². The fourth-order valence-electron chi connectivity index (χ4n) is 2.20. The van der Waals surface area contributed by atoms with Crippen LogP contribution in [0.15, 0.2) is 29.5 Å². The van der Waals surface area contributed by atoms with E-state index in [1.165, 1.54) is 6.33 Å². The number of nitrogens with one attached hydrogen (secondary N) is 1. The van der Waals surface area contributed by atoms with Gasteiger partial charge in [-0.2, -0.15) is 0 Å². The zero-order valence-electron chi connectivity index (χ0n) is 10.2. The Balaban J connectivity index is 1.93. The summed E-state index contributed by atoms with van der Waals surface area (Å²) in [5.74, 6) is 0.912. The number of pyridine rings is 1. The molecule has 2 aromatic heterocycles. The van der Waals surface area contributed by atoms with Crippen molar-refractivity contribution < 1.29 is 0 Å². The van der Waals surface area contributed by atoms with Crippen molar-refractivity contribution in [2.75, 3.05) is 11.4 Å². The third kappa shape index (κ3) is 1.88. The molecule has 18 heavy (non-hydrogen) atoms. The van der Waals surface area contributed by atoms with Gasteiger partial charge in [0.2, 0.25) is 0 Å². The Bertz CT molecular complexity index is 618. The van der Waals surface area contributed by atoms with E-state index in [4.69, 9.17) is 0 Å². The lowest BCUT2D eigenvalue weighted by atomic mass is 10.1. The first-order valence-electron chi connectivity index (χ1n) is 5.97. The molecule has 0 amide bonds. The molecule has 0 bridgehead atoms. The van der Waals surface area contributed by atoms with Crippen LogP contribution in [0.4, 0.5) is 5.82 Å². The molecular weight excluding hydrogens is 228 g/mol. The van der Waals surface area contributed by atoms with Crippen molar-refractivity contribution in [3.8, 4) is 0 Å². The zero-order chi connectivity index (χ0) is 12.5. The van der Waals surface area contributed by atoms with Crippen molar-refractivity contribution in [1.82, 2.24) is 15.0 Å². The number of rotatable bonds is 1. The second-order valence-electron chi connectivity index (χ2n) is 4.52. The van der Waals surface area contributed by atoms with Crippen molar-refractivity contribution in [3.63, 3.8) is 0 Å². The van der Waals surface area contributed by atoms with Crippen LogP contribution < -0.4 is 10.5 Å². The molecule has 0 spiro atoms. The molecule has 5 heteroatoms. The molecule has 1 N–H and O–H groups in total. The van der Waals surface area contributed by atoms with Crippen molar-refractivity contribution in [1.29, 1.82) is 0 Å². The number of hydrogen-bond donors (Lipinski definition) is 1. The number of anilines is 1. The van der Waals surface area contributed by atoms with Gasteiger partial charge in [-0.15, -0.1) is 0 Å². The van der Waals surface area contributed by atoms with Crippen molar-refractivity contribution >= 4 is 5.82 Å². The van der Waals surface area contributed by atoms with E-state index < -0.39 is 0 Å².